The minimum absolute atomic E-state index is 0.823. The third-order valence-electron chi connectivity index (χ3n) is 6.11. The zero-order valence-corrected chi connectivity index (χ0v) is 13.5. The van der Waals surface area contributed by atoms with Crippen LogP contribution in [0, 0.1) is 5.92 Å². The minimum atomic E-state index is 0.823. The van der Waals surface area contributed by atoms with Crippen LogP contribution in [0.5, 0.6) is 0 Å². The molecule has 0 bridgehead atoms. The van der Waals surface area contributed by atoms with Gasteiger partial charge in [-0.15, -0.1) is 0 Å². The molecule has 0 aromatic rings. The molecule has 0 aromatic heterocycles. The lowest BCUT2D eigenvalue weighted by molar-refractivity contribution is 0.210. The highest BCUT2D eigenvalue weighted by atomic mass is 15.2. The molecule has 0 spiro atoms. The molecule has 0 radical (unpaired) electrons. The van der Waals surface area contributed by atoms with Crippen molar-refractivity contribution in [3.8, 4) is 0 Å². The van der Waals surface area contributed by atoms with E-state index in [4.69, 9.17) is 0 Å². The van der Waals surface area contributed by atoms with Crippen molar-refractivity contribution in [2.24, 2.45) is 5.92 Å². The van der Waals surface area contributed by atoms with Gasteiger partial charge in [0, 0.05) is 68.9 Å². The highest BCUT2D eigenvalue weighted by molar-refractivity contribution is 4.99. The first-order valence-electron chi connectivity index (χ1n) is 9.28. The first kappa shape index (κ1) is 15.3. The standard InChI is InChI=1S/C6H12N2.2C5H10N2/c1-2-5-6(4-8-5)7-3-1;1-4-2-7-5(4)3-6-1;1-2-6-5-3-7-4(1)5/h5-8H,1-4H2;2*4-7H,1-3H2. The SMILES string of the molecule is C1CC2NCC2N1.C1CNC2CNC2C1.C1NCC2NCC12. The molecule has 6 aliphatic rings. The van der Waals surface area contributed by atoms with E-state index in [0.717, 1.165) is 36.1 Å². The molecule has 126 valence electrons. The van der Waals surface area contributed by atoms with Gasteiger partial charge >= 0.3 is 0 Å². The summed E-state index contributed by atoms with van der Waals surface area (Å²) in [5.41, 5.74) is 0. The Hall–Kier alpha value is -0.240. The van der Waals surface area contributed by atoms with Crippen LogP contribution in [0.1, 0.15) is 19.3 Å². The minimum Gasteiger partial charge on any atom is -0.315 e. The fourth-order valence-electron chi connectivity index (χ4n) is 4.20. The number of hydrogen-bond donors (Lipinski definition) is 6. The molecule has 0 aliphatic carbocycles. The zero-order chi connectivity index (χ0) is 14.8. The maximum Gasteiger partial charge on any atom is 0.0347 e. The van der Waals surface area contributed by atoms with Crippen molar-refractivity contribution in [3.63, 3.8) is 0 Å². The monoisotopic (exact) mass is 308 g/mol. The molecule has 6 N–H and O–H groups in total. The second-order valence-electron chi connectivity index (χ2n) is 7.51. The van der Waals surface area contributed by atoms with E-state index >= 15 is 0 Å². The molecule has 6 fully saturated rings. The first-order chi connectivity index (χ1) is 10.9. The van der Waals surface area contributed by atoms with E-state index in [1.807, 2.05) is 0 Å². The highest BCUT2D eigenvalue weighted by Crippen LogP contribution is 2.15. The fraction of sp³-hybridized carbons (Fsp3) is 1.00. The molecule has 6 unspecified atom stereocenters. The maximum atomic E-state index is 3.46. The molecule has 0 amide bonds. The van der Waals surface area contributed by atoms with Gasteiger partial charge in [0.15, 0.2) is 0 Å². The fourth-order valence-corrected chi connectivity index (χ4v) is 4.20. The largest absolute Gasteiger partial charge is 0.315 e. The lowest BCUT2D eigenvalue weighted by Gasteiger charge is -2.42. The van der Waals surface area contributed by atoms with Crippen LogP contribution in [0.15, 0.2) is 0 Å². The summed E-state index contributed by atoms with van der Waals surface area (Å²) in [4.78, 5) is 0. The van der Waals surface area contributed by atoms with E-state index in [2.05, 4.69) is 31.9 Å². The van der Waals surface area contributed by atoms with Crippen molar-refractivity contribution >= 4 is 0 Å². The molecule has 6 aliphatic heterocycles. The number of hydrogen-bond acceptors (Lipinski definition) is 6. The molecular weight excluding hydrogens is 276 g/mol. The number of fused-ring (bicyclic) bond motifs is 3. The molecule has 6 heteroatoms. The van der Waals surface area contributed by atoms with E-state index in [1.54, 1.807) is 0 Å². The van der Waals surface area contributed by atoms with Crippen LogP contribution in [-0.4, -0.2) is 76.0 Å². The lowest BCUT2D eigenvalue weighted by Crippen LogP contribution is -2.66. The third-order valence-corrected chi connectivity index (χ3v) is 6.11. The van der Waals surface area contributed by atoms with Crippen molar-refractivity contribution in [1.29, 1.82) is 0 Å². The van der Waals surface area contributed by atoms with Crippen LogP contribution in [-0.2, 0) is 0 Å². The summed E-state index contributed by atoms with van der Waals surface area (Å²) in [5.74, 6) is 0.972. The molecule has 6 rings (SSSR count). The maximum absolute atomic E-state index is 3.46. The molecule has 6 heterocycles. The van der Waals surface area contributed by atoms with Gasteiger partial charge in [-0.3, -0.25) is 0 Å². The Balaban J connectivity index is 0.0000000855. The molecule has 6 nitrogen and oxygen atoms in total. The number of rotatable bonds is 0. The molecule has 6 atom stereocenters. The quantitative estimate of drug-likeness (QED) is 0.318. The summed E-state index contributed by atoms with van der Waals surface area (Å²) in [7, 11) is 0. The lowest BCUT2D eigenvalue weighted by atomic mass is 9.92. The van der Waals surface area contributed by atoms with Gasteiger partial charge in [0.2, 0.25) is 0 Å². The van der Waals surface area contributed by atoms with E-state index in [-0.39, 0.29) is 0 Å². The van der Waals surface area contributed by atoms with Crippen LogP contribution in [0.2, 0.25) is 0 Å². The second-order valence-corrected chi connectivity index (χ2v) is 7.51. The smallest absolute Gasteiger partial charge is 0.0347 e. The van der Waals surface area contributed by atoms with Crippen molar-refractivity contribution in [2.45, 2.75) is 49.5 Å². The van der Waals surface area contributed by atoms with Gasteiger partial charge in [-0.25, -0.2) is 0 Å². The molecular formula is C16H32N6. The van der Waals surface area contributed by atoms with Crippen LogP contribution < -0.4 is 31.9 Å². The summed E-state index contributed by atoms with van der Waals surface area (Å²) in [5, 5.41) is 20.2. The average Bonchev–Trinajstić information content (AvgIpc) is 2.95. The van der Waals surface area contributed by atoms with E-state index < -0.39 is 0 Å². The summed E-state index contributed by atoms with van der Waals surface area (Å²) in [6.45, 7) is 8.56. The Kier molecular flexibility index (Phi) is 4.95. The number of nitrogens with one attached hydrogen (secondary N) is 6. The van der Waals surface area contributed by atoms with E-state index in [1.165, 1.54) is 65.1 Å². The summed E-state index contributed by atoms with van der Waals surface area (Å²) >= 11 is 0. The molecule has 0 aromatic carbocycles. The Morgan fingerprint density at radius 2 is 1.23 bits per heavy atom. The summed E-state index contributed by atoms with van der Waals surface area (Å²) in [6.07, 6.45) is 4.08. The third kappa shape index (κ3) is 3.32. The topological polar surface area (TPSA) is 72.2 Å². The van der Waals surface area contributed by atoms with Crippen molar-refractivity contribution in [3.05, 3.63) is 0 Å². The van der Waals surface area contributed by atoms with E-state index in [0.29, 0.717) is 0 Å². The first-order valence-corrected chi connectivity index (χ1v) is 9.28. The highest BCUT2D eigenvalue weighted by Gasteiger charge is 2.34. The number of piperidine rings is 1. The van der Waals surface area contributed by atoms with Crippen LogP contribution in [0.25, 0.3) is 0 Å². The Morgan fingerprint density at radius 1 is 0.500 bits per heavy atom. The van der Waals surface area contributed by atoms with Gasteiger partial charge < -0.3 is 31.9 Å². The van der Waals surface area contributed by atoms with Crippen molar-refractivity contribution in [1.82, 2.24) is 31.9 Å². The second kappa shape index (κ2) is 7.11. The van der Waals surface area contributed by atoms with Crippen molar-refractivity contribution in [2.75, 3.05) is 45.8 Å². The Bertz CT molecular complexity index is 311. The van der Waals surface area contributed by atoms with Gasteiger partial charge in [0.25, 0.3) is 0 Å². The van der Waals surface area contributed by atoms with Gasteiger partial charge in [-0.05, 0) is 32.4 Å². The summed E-state index contributed by atoms with van der Waals surface area (Å²) in [6, 6.07) is 4.15. The van der Waals surface area contributed by atoms with Crippen LogP contribution >= 0.6 is 0 Å². The van der Waals surface area contributed by atoms with Gasteiger partial charge in [-0.1, -0.05) is 0 Å². The van der Waals surface area contributed by atoms with Crippen LogP contribution in [0.4, 0.5) is 0 Å². The Labute approximate surface area is 133 Å². The predicted octanol–water partition coefficient (Wildman–Crippen LogP) is -1.79. The average molecular weight is 308 g/mol. The molecule has 22 heavy (non-hydrogen) atoms. The van der Waals surface area contributed by atoms with Crippen molar-refractivity contribution < 1.29 is 0 Å². The van der Waals surface area contributed by atoms with Gasteiger partial charge in [0.05, 0.1) is 0 Å². The van der Waals surface area contributed by atoms with Gasteiger partial charge in [-0.2, -0.15) is 0 Å². The Morgan fingerprint density at radius 3 is 1.50 bits per heavy atom. The van der Waals surface area contributed by atoms with Crippen LogP contribution in [0.3, 0.4) is 0 Å². The normalized spacial score (nSPS) is 46.9. The predicted molar refractivity (Wildman–Crippen MR) is 89.2 cm³/mol. The molecule has 0 saturated carbocycles. The van der Waals surface area contributed by atoms with E-state index in [9.17, 15) is 0 Å². The zero-order valence-electron chi connectivity index (χ0n) is 13.5. The summed E-state index contributed by atoms with van der Waals surface area (Å²) < 4.78 is 0. The van der Waals surface area contributed by atoms with Gasteiger partial charge in [0.1, 0.15) is 0 Å². The molecule has 6 saturated heterocycles.